The van der Waals surface area contributed by atoms with Crippen molar-refractivity contribution in [3.05, 3.63) is 29.8 Å². The topological polar surface area (TPSA) is 43.7 Å². The summed E-state index contributed by atoms with van der Waals surface area (Å²) < 4.78 is 25.9. The second kappa shape index (κ2) is 5.93. The highest BCUT2D eigenvalue weighted by molar-refractivity contribution is 5.30. The van der Waals surface area contributed by atoms with E-state index in [-0.39, 0.29) is 5.75 Å². The van der Waals surface area contributed by atoms with Gasteiger partial charge in [0.1, 0.15) is 5.75 Å². The Kier molecular flexibility index (Phi) is 3.34. The zero-order chi connectivity index (χ0) is 16.6. The van der Waals surface area contributed by atoms with Gasteiger partial charge in [-0.1, -0.05) is 31.4 Å². The van der Waals surface area contributed by atoms with Gasteiger partial charge in [-0.2, -0.15) is 0 Å². The lowest BCUT2D eigenvalue weighted by Gasteiger charge is -2.40. The molecule has 0 amide bonds. The fourth-order valence-electron chi connectivity index (χ4n) is 2.68. The normalized spacial score (nSPS) is 25.2. The number of aromatic hydroxyl groups is 1. The molecular weight excluding hydrogens is 238 g/mol. The summed E-state index contributed by atoms with van der Waals surface area (Å²) in [6.07, 6.45) is 3.39. The van der Waals surface area contributed by atoms with Gasteiger partial charge in [0.2, 0.25) is 0 Å². The fraction of sp³-hybridized carbons (Fsp3) is 0.625. The van der Waals surface area contributed by atoms with Gasteiger partial charge in [0, 0.05) is 16.5 Å². The maximum absolute atomic E-state index is 11.2. The maximum atomic E-state index is 11.2. The molecule has 1 atom stereocenters. The number of hydrogen-bond acceptors (Lipinski definition) is 3. The third-order valence-electron chi connectivity index (χ3n) is 3.64. The lowest BCUT2D eigenvalue weighted by molar-refractivity contribution is -0.0277. The molecule has 2 N–H and O–H groups in total. The first-order valence-corrected chi connectivity index (χ1v) is 6.84. The van der Waals surface area contributed by atoms with E-state index in [2.05, 4.69) is 0 Å². The highest BCUT2D eigenvalue weighted by Crippen LogP contribution is 2.40. The predicted molar refractivity (Wildman–Crippen MR) is 77.4 cm³/mol. The number of phenols is 1. The molecule has 0 radical (unpaired) electrons. The van der Waals surface area contributed by atoms with Crippen molar-refractivity contribution in [2.75, 3.05) is 20.6 Å². The molecule has 3 heteroatoms. The van der Waals surface area contributed by atoms with Crippen molar-refractivity contribution in [1.29, 1.82) is 0 Å². The zero-order valence-electron chi connectivity index (χ0n) is 14.7. The van der Waals surface area contributed by atoms with Gasteiger partial charge < -0.3 is 15.1 Å². The van der Waals surface area contributed by atoms with Crippen molar-refractivity contribution in [2.24, 2.45) is 0 Å². The average molecular weight is 266 g/mol. The second-order valence-corrected chi connectivity index (χ2v) is 5.52. The fourth-order valence-corrected chi connectivity index (χ4v) is 2.68. The number of benzene rings is 1. The van der Waals surface area contributed by atoms with Crippen LogP contribution in [0.4, 0.5) is 0 Å². The molecule has 0 aromatic heterocycles. The van der Waals surface area contributed by atoms with Crippen molar-refractivity contribution in [3.63, 3.8) is 0 Å². The van der Waals surface area contributed by atoms with Gasteiger partial charge >= 0.3 is 0 Å². The standard InChI is InChI=1S/C16H25NO2/c1-17(2)12-15(13-6-8-14(18)9-7-13)16(19)10-4-3-5-11-16/h6-9,15,18-19H,3-5,10-12H2,1-2H3/i12D2,15D. The lowest BCUT2D eigenvalue weighted by Crippen LogP contribution is -2.42. The van der Waals surface area contributed by atoms with Gasteiger partial charge in [0.15, 0.2) is 0 Å². The number of phenolic OH excluding ortho intramolecular Hbond substituents is 1. The first-order chi connectivity index (χ1) is 10.1. The van der Waals surface area contributed by atoms with Crippen LogP contribution in [0.15, 0.2) is 24.3 Å². The third kappa shape index (κ3) is 3.48. The molecule has 19 heavy (non-hydrogen) atoms. The first-order valence-electron chi connectivity index (χ1n) is 8.34. The number of likely N-dealkylation sites (N-methyl/N-ethyl adjacent to an activating group) is 1. The van der Waals surface area contributed by atoms with Crippen LogP contribution in [-0.4, -0.2) is 41.3 Å². The first kappa shape index (κ1) is 10.7. The molecule has 1 aliphatic rings. The van der Waals surface area contributed by atoms with Crippen LogP contribution >= 0.6 is 0 Å². The monoisotopic (exact) mass is 266 g/mol. The molecule has 1 aromatic carbocycles. The average Bonchev–Trinajstić information content (AvgIpc) is 2.47. The molecule has 0 aliphatic heterocycles. The van der Waals surface area contributed by atoms with E-state index in [0.717, 1.165) is 19.3 Å². The van der Waals surface area contributed by atoms with Gasteiger partial charge in [-0.25, -0.2) is 0 Å². The number of nitrogens with zero attached hydrogens (tertiary/aromatic N) is 1. The Labute approximate surface area is 120 Å². The van der Waals surface area contributed by atoms with Gasteiger partial charge in [-0.3, -0.25) is 0 Å². The summed E-state index contributed by atoms with van der Waals surface area (Å²) in [5.41, 5.74) is -1.05. The number of aliphatic hydroxyl groups is 1. The van der Waals surface area contributed by atoms with Crippen molar-refractivity contribution in [3.8, 4) is 5.75 Å². The third-order valence-corrected chi connectivity index (χ3v) is 3.64. The van der Waals surface area contributed by atoms with E-state index < -0.39 is 18.0 Å². The molecule has 0 saturated heterocycles. The largest absolute Gasteiger partial charge is 0.508 e. The SMILES string of the molecule is [2H]C([2H])(N(C)C)C([2H])(c1ccc(O)cc1)C1(O)CCCCC1. The quantitative estimate of drug-likeness (QED) is 0.880. The molecule has 1 aromatic rings. The summed E-state index contributed by atoms with van der Waals surface area (Å²) in [5.74, 6) is -1.77. The van der Waals surface area contributed by atoms with Crippen LogP contribution in [0.3, 0.4) is 0 Å². The van der Waals surface area contributed by atoms with E-state index >= 15 is 0 Å². The molecule has 1 unspecified atom stereocenters. The van der Waals surface area contributed by atoms with E-state index in [1.54, 1.807) is 14.1 Å². The summed E-state index contributed by atoms with van der Waals surface area (Å²) >= 11 is 0. The molecule has 1 saturated carbocycles. The van der Waals surface area contributed by atoms with Crippen molar-refractivity contribution in [1.82, 2.24) is 4.90 Å². The van der Waals surface area contributed by atoms with Crippen molar-refractivity contribution in [2.45, 2.75) is 43.6 Å². The van der Waals surface area contributed by atoms with Gasteiger partial charge in [0.05, 0.1) is 5.60 Å². The van der Waals surface area contributed by atoms with Crippen molar-refractivity contribution >= 4 is 0 Å². The number of rotatable bonds is 4. The Morgan fingerprint density at radius 3 is 2.37 bits per heavy atom. The van der Waals surface area contributed by atoms with Crippen LogP contribution in [0, 0.1) is 0 Å². The summed E-state index contributed by atoms with van der Waals surface area (Å²) in [4.78, 5) is 1.35. The smallest absolute Gasteiger partial charge is 0.115 e. The van der Waals surface area contributed by atoms with E-state index in [4.69, 9.17) is 4.11 Å². The van der Waals surface area contributed by atoms with Crippen LogP contribution < -0.4 is 0 Å². The van der Waals surface area contributed by atoms with E-state index in [1.807, 2.05) is 0 Å². The lowest BCUT2D eigenvalue weighted by atomic mass is 9.72. The van der Waals surface area contributed by atoms with E-state index in [0.29, 0.717) is 18.4 Å². The van der Waals surface area contributed by atoms with Crippen LogP contribution in [0.1, 0.15) is 47.7 Å². The highest BCUT2D eigenvalue weighted by Gasteiger charge is 2.38. The minimum Gasteiger partial charge on any atom is -0.508 e. The van der Waals surface area contributed by atoms with Crippen molar-refractivity contribution < 1.29 is 14.3 Å². The Hall–Kier alpha value is -1.06. The summed E-state index contributed by atoms with van der Waals surface area (Å²) in [6.45, 7) is -2.06. The molecule has 1 fully saturated rings. The molecule has 2 rings (SSSR count). The summed E-state index contributed by atoms with van der Waals surface area (Å²) in [7, 11) is 3.16. The minimum absolute atomic E-state index is 0.0622. The molecule has 3 nitrogen and oxygen atoms in total. The van der Waals surface area contributed by atoms with E-state index in [9.17, 15) is 10.2 Å². The van der Waals surface area contributed by atoms with Gasteiger partial charge in [0.25, 0.3) is 0 Å². The second-order valence-electron chi connectivity index (χ2n) is 5.52. The summed E-state index contributed by atoms with van der Waals surface area (Å²) in [6, 6.07) is 5.96. The van der Waals surface area contributed by atoms with Gasteiger partial charge in [-0.05, 0) is 44.6 Å². The van der Waals surface area contributed by atoms with Crippen LogP contribution in [-0.2, 0) is 0 Å². The molecule has 1 aliphatic carbocycles. The van der Waals surface area contributed by atoms with Gasteiger partial charge in [-0.15, -0.1) is 0 Å². The van der Waals surface area contributed by atoms with Crippen LogP contribution in [0.5, 0.6) is 5.75 Å². The molecule has 0 spiro atoms. The molecule has 106 valence electrons. The van der Waals surface area contributed by atoms with Crippen LogP contribution in [0.25, 0.3) is 0 Å². The Bertz CT molecular complexity index is 513. The minimum atomic E-state index is -2.06. The Balaban J connectivity index is 2.60. The number of hydrogen-bond donors (Lipinski definition) is 2. The Morgan fingerprint density at radius 2 is 1.84 bits per heavy atom. The Morgan fingerprint density at radius 1 is 1.26 bits per heavy atom. The highest BCUT2D eigenvalue weighted by atomic mass is 16.3. The zero-order valence-corrected chi connectivity index (χ0v) is 11.7. The predicted octanol–water partition coefficient (Wildman–Crippen LogP) is 2.73. The summed E-state index contributed by atoms with van der Waals surface area (Å²) in [5, 5.41) is 20.7. The van der Waals surface area contributed by atoms with Crippen LogP contribution in [0.2, 0.25) is 0 Å². The van der Waals surface area contributed by atoms with E-state index in [1.165, 1.54) is 29.2 Å². The molecule has 0 bridgehead atoms. The molecule has 0 heterocycles. The maximum Gasteiger partial charge on any atom is 0.115 e. The molecular formula is C16H25NO2.